The summed E-state index contributed by atoms with van der Waals surface area (Å²) in [6.07, 6.45) is 4.63. The van der Waals surface area contributed by atoms with Gasteiger partial charge in [-0.2, -0.15) is 5.26 Å². The van der Waals surface area contributed by atoms with Crippen LogP contribution >= 0.6 is 11.8 Å². The molecule has 0 saturated carbocycles. The summed E-state index contributed by atoms with van der Waals surface area (Å²) in [5.41, 5.74) is 4.33. The number of hydrogen-bond donors (Lipinski definition) is 0. The topological polar surface area (TPSA) is 61.9 Å². The monoisotopic (exact) mass is 430 g/mol. The average Bonchev–Trinajstić information content (AvgIpc) is 3.18. The molecule has 0 fully saturated rings. The van der Waals surface area contributed by atoms with Crippen molar-refractivity contribution >= 4 is 23.4 Å². The van der Waals surface area contributed by atoms with E-state index >= 15 is 0 Å². The Hall–Kier alpha value is -3.04. The number of carbonyl (C=O) groups is 1. The van der Waals surface area contributed by atoms with Gasteiger partial charge >= 0.3 is 0 Å². The summed E-state index contributed by atoms with van der Waals surface area (Å²) in [4.78, 5) is 20.1. The summed E-state index contributed by atoms with van der Waals surface area (Å²) >= 11 is 1.50. The highest BCUT2D eigenvalue weighted by Crippen LogP contribution is 2.33. The second-order valence-corrected chi connectivity index (χ2v) is 8.97. The third-order valence-electron chi connectivity index (χ3n) is 5.53. The van der Waals surface area contributed by atoms with Gasteiger partial charge in [0.1, 0.15) is 0 Å². The zero-order valence-corrected chi connectivity index (χ0v) is 18.5. The van der Waals surface area contributed by atoms with E-state index in [0.717, 1.165) is 41.5 Å². The van der Waals surface area contributed by atoms with Crippen LogP contribution in [-0.4, -0.2) is 27.3 Å². The fourth-order valence-corrected chi connectivity index (χ4v) is 5.03. The molecule has 0 spiro atoms. The highest BCUT2D eigenvalue weighted by Gasteiger charge is 2.27. The maximum atomic E-state index is 13.4. The van der Waals surface area contributed by atoms with E-state index in [4.69, 9.17) is 10.2 Å². The number of thioether (sulfide) groups is 1. The second kappa shape index (κ2) is 9.84. The van der Waals surface area contributed by atoms with Gasteiger partial charge in [0.05, 0.1) is 23.4 Å². The minimum atomic E-state index is -0.329. The molecule has 0 aliphatic heterocycles. The molecule has 1 heterocycles. The number of rotatable bonds is 7. The minimum absolute atomic E-state index is 0.00738. The van der Waals surface area contributed by atoms with E-state index in [1.807, 2.05) is 55.5 Å². The van der Waals surface area contributed by atoms with Gasteiger partial charge < -0.3 is 4.90 Å². The average molecular weight is 431 g/mol. The molecule has 31 heavy (non-hydrogen) atoms. The van der Waals surface area contributed by atoms with Crippen LogP contribution in [0.3, 0.4) is 0 Å². The predicted molar refractivity (Wildman–Crippen MR) is 125 cm³/mol. The summed E-state index contributed by atoms with van der Waals surface area (Å²) in [6, 6.07) is 22.0. The van der Waals surface area contributed by atoms with E-state index in [2.05, 4.69) is 22.8 Å². The van der Waals surface area contributed by atoms with Gasteiger partial charge in [-0.15, -0.1) is 0 Å². The number of hydrogen-bond acceptors (Lipinski definition) is 4. The van der Waals surface area contributed by atoms with Crippen molar-refractivity contribution in [2.24, 2.45) is 0 Å². The van der Waals surface area contributed by atoms with Crippen molar-refractivity contribution in [3.8, 4) is 11.8 Å². The molecule has 5 nitrogen and oxygen atoms in total. The number of fused-ring (bicyclic) bond motifs is 1. The molecule has 4 rings (SSSR count). The molecule has 1 atom stereocenters. The number of para-hydroxylation sites is 2. The molecule has 1 amide bonds. The molecule has 0 bridgehead atoms. The van der Waals surface area contributed by atoms with E-state index in [0.29, 0.717) is 13.0 Å². The number of carbonyl (C=O) groups excluding carboxylic acids is 1. The SMILES string of the molecule is CC(Sc1nc2c(n1-c1ccccc1)CCCC2)C(=O)N(CCC#N)c1ccccc1. The highest BCUT2D eigenvalue weighted by molar-refractivity contribution is 8.00. The van der Waals surface area contributed by atoms with Crippen molar-refractivity contribution in [1.82, 2.24) is 9.55 Å². The molecule has 3 aromatic rings. The minimum Gasteiger partial charge on any atom is -0.310 e. The number of amides is 1. The fourth-order valence-electron chi connectivity index (χ4n) is 4.00. The van der Waals surface area contributed by atoms with Crippen molar-refractivity contribution in [3.05, 3.63) is 72.1 Å². The molecule has 0 N–H and O–H groups in total. The molecule has 1 aliphatic rings. The number of nitriles is 1. The number of nitrogens with zero attached hydrogens (tertiary/aromatic N) is 4. The van der Waals surface area contributed by atoms with E-state index in [1.54, 1.807) is 4.90 Å². The Morgan fingerprint density at radius 2 is 1.81 bits per heavy atom. The molecule has 0 radical (unpaired) electrons. The van der Waals surface area contributed by atoms with Gasteiger partial charge in [-0.25, -0.2) is 4.98 Å². The zero-order chi connectivity index (χ0) is 21.6. The smallest absolute Gasteiger partial charge is 0.240 e. The summed E-state index contributed by atoms with van der Waals surface area (Å²) in [5.74, 6) is -0.00738. The normalized spacial score (nSPS) is 13.8. The maximum absolute atomic E-state index is 13.4. The molecular formula is C25H26N4OS. The summed E-state index contributed by atoms with van der Waals surface area (Å²) in [5, 5.41) is 9.61. The molecular weight excluding hydrogens is 404 g/mol. The lowest BCUT2D eigenvalue weighted by atomic mass is 10.0. The second-order valence-electron chi connectivity index (χ2n) is 7.66. The first kappa shape index (κ1) is 21.2. The third kappa shape index (κ3) is 4.67. The Bertz CT molecular complexity index is 1070. The van der Waals surface area contributed by atoms with Crippen LogP contribution < -0.4 is 4.90 Å². The Balaban J connectivity index is 1.63. The van der Waals surface area contributed by atoms with E-state index in [1.165, 1.54) is 23.9 Å². The predicted octanol–water partition coefficient (Wildman–Crippen LogP) is 5.18. The lowest BCUT2D eigenvalue weighted by Gasteiger charge is -2.25. The number of benzene rings is 2. The van der Waals surface area contributed by atoms with Crippen molar-refractivity contribution in [2.45, 2.75) is 49.4 Å². The lowest BCUT2D eigenvalue weighted by Crippen LogP contribution is -2.37. The third-order valence-corrected chi connectivity index (χ3v) is 6.57. The molecule has 158 valence electrons. The van der Waals surface area contributed by atoms with Crippen molar-refractivity contribution < 1.29 is 4.79 Å². The van der Waals surface area contributed by atoms with Crippen LogP contribution in [0, 0.1) is 11.3 Å². The van der Waals surface area contributed by atoms with Crippen LogP contribution in [0.15, 0.2) is 65.8 Å². The number of anilines is 1. The Morgan fingerprint density at radius 1 is 1.13 bits per heavy atom. The van der Waals surface area contributed by atoms with Crippen LogP contribution in [0.25, 0.3) is 5.69 Å². The molecule has 2 aromatic carbocycles. The molecule has 6 heteroatoms. The van der Waals surface area contributed by atoms with Gasteiger partial charge in [-0.1, -0.05) is 48.2 Å². The Labute approximate surface area is 187 Å². The van der Waals surface area contributed by atoms with Crippen molar-refractivity contribution in [1.29, 1.82) is 5.26 Å². The van der Waals surface area contributed by atoms with Gasteiger partial charge in [0.25, 0.3) is 0 Å². The van der Waals surface area contributed by atoms with E-state index < -0.39 is 0 Å². The summed E-state index contributed by atoms with van der Waals surface area (Å²) < 4.78 is 2.23. The Kier molecular flexibility index (Phi) is 6.73. The van der Waals surface area contributed by atoms with Crippen molar-refractivity contribution in [3.63, 3.8) is 0 Å². The standard InChI is InChI=1S/C25H26N4OS/c1-19(24(30)28(18-10-17-26)20-11-4-2-5-12-20)31-25-27-22-15-8-9-16-23(22)29(25)21-13-6-3-7-14-21/h2-7,11-14,19H,8-10,15-16,18H2,1H3. The van der Waals surface area contributed by atoms with Crippen LogP contribution in [0.1, 0.15) is 37.6 Å². The molecule has 1 aliphatic carbocycles. The van der Waals surface area contributed by atoms with E-state index in [9.17, 15) is 4.79 Å². The van der Waals surface area contributed by atoms with Gasteiger partial charge in [-0.3, -0.25) is 9.36 Å². The lowest BCUT2D eigenvalue weighted by molar-refractivity contribution is -0.117. The summed E-state index contributed by atoms with van der Waals surface area (Å²) in [7, 11) is 0. The number of aromatic nitrogens is 2. The van der Waals surface area contributed by atoms with Crippen LogP contribution in [0.4, 0.5) is 5.69 Å². The van der Waals surface area contributed by atoms with Gasteiger partial charge in [0.2, 0.25) is 5.91 Å². The van der Waals surface area contributed by atoms with Crippen LogP contribution in [0.2, 0.25) is 0 Å². The highest BCUT2D eigenvalue weighted by atomic mass is 32.2. The van der Waals surface area contributed by atoms with Gasteiger partial charge in [0, 0.05) is 23.6 Å². The van der Waals surface area contributed by atoms with Crippen LogP contribution in [0.5, 0.6) is 0 Å². The number of imidazole rings is 1. The Morgan fingerprint density at radius 3 is 2.52 bits per heavy atom. The molecule has 1 unspecified atom stereocenters. The first-order chi connectivity index (χ1) is 15.2. The van der Waals surface area contributed by atoms with Gasteiger partial charge in [-0.05, 0) is 56.9 Å². The quantitative estimate of drug-likeness (QED) is 0.485. The largest absolute Gasteiger partial charge is 0.310 e. The maximum Gasteiger partial charge on any atom is 0.240 e. The molecule has 0 saturated heterocycles. The molecule has 1 aromatic heterocycles. The fraction of sp³-hybridized carbons (Fsp3) is 0.320. The van der Waals surface area contributed by atoms with Crippen molar-refractivity contribution in [2.75, 3.05) is 11.4 Å². The summed E-state index contributed by atoms with van der Waals surface area (Å²) in [6.45, 7) is 2.31. The zero-order valence-electron chi connectivity index (χ0n) is 17.7. The number of aryl methyl sites for hydroxylation is 1. The van der Waals surface area contributed by atoms with E-state index in [-0.39, 0.29) is 11.2 Å². The van der Waals surface area contributed by atoms with Gasteiger partial charge in [0.15, 0.2) is 5.16 Å². The first-order valence-corrected chi connectivity index (χ1v) is 11.6. The first-order valence-electron chi connectivity index (χ1n) is 10.7. The van der Waals surface area contributed by atoms with Crippen LogP contribution in [-0.2, 0) is 17.6 Å².